The summed E-state index contributed by atoms with van der Waals surface area (Å²) in [5, 5.41) is 10.0. The van der Waals surface area contributed by atoms with Gasteiger partial charge in [0.05, 0.1) is 4.90 Å². The molecule has 0 radical (unpaired) electrons. The molecule has 1 N–H and O–H groups in total. The highest BCUT2D eigenvalue weighted by Crippen LogP contribution is 2.39. The van der Waals surface area contributed by atoms with Gasteiger partial charge >= 0.3 is 6.18 Å². The predicted octanol–water partition coefficient (Wildman–Crippen LogP) is 4.87. The Kier molecular flexibility index (Phi) is 7.43. The first-order valence-corrected chi connectivity index (χ1v) is 13.3. The number of rotatable bonds is 6. The minimum atomic E-state index is -4.81. The van der Waals surface area contributed by atoms with Gasteiger partial charge in [-0.1, -0.05) is 54.6 Å². The molecule has 0 spiro atoms. The molecule has 1 aliphatic heterocycles. The number of halogens is 3. The van der Waals surface area contributed by atoms with E-state index in [9.17, 15) is 26.7 Å². The van der Waals surface area contributed by atoms with Gasteiger partial charge in [-0.25, -0.2) is 8.42 Å². The van der Waals surface area contributed by atoms with Crippen molar-refractivity contribution >= 4 is 28.3 Å². The molecule has 0 saturated carbocycles. The van der Waals surface area contributed by atoms with Crippen LogP contribution in [0.25, 0.3) is 0 Å². The summed E-state index contributed by atoms with van der Waals surface area (Å²) in [7, 11) is -3.79. The van der Waals surface area contributed by atoms with Crippen molar-refractivity contribution in [1.29, 1.82) is 0 Å². The average Bonchev–Trinajstić information content (AvgIpc) is 2.84. The van der Waals surface area contributed by atoms with Crippen molar-refractivity contribution in [3.05, 3.63) is 90.0 Å². The summed E-state index contributed by atoms with van der Waals surface area (Å²) in [6.45, 7) is 1.47. The van der Waals surface area contributed by atoms with Gasteiger partial charge in [-0.05, 0) is 48.7 Å². The van der Waals surface area contributed by atoms with Crippen LogP contribution >= 0.6 is 12.6 Å². The van der Waals surface area contributed by atoms with Crippen LogP contribution in [0.1, 0.15) is 18.1 Å². The number of hydrogen-bond acceptors (Lipinski definition) is 5. The Morgan fingerprint density at radius 2 is 1.56 bits per heavy atom. The molecule has 36 heavy (non-hydrogen) atoms. The first-order valence-electron chi connectivity index (χ1n) is 11.4. The van der Waals surface area contributed by atoms with E-state index in [1.54, 1.807) is 30.3 Å². The summed E-state index contributed by atoms with van der Waals surface area (Å²) in [4.78, 5) is 2.52. The van der Waals surface area contributed by atoms with Gasteiger partial charge in [0.1, 0.15) is 0 Å². The molecule has 2 atom stereocenters. The zero-order valence-corrected chi connectivity index (χ0v) is 21.3. The first kappa shape index (κ1) is 26.5. The lowest BCUT2D eigenvalue weighted by atomic mass is 9.94. The lowest BCUT2D eigenvalue weighted by Crippen LogP contribution is -2.55. The molecule has 3 aromatic rings. The van der Waals surface area contributed by atoms with Crippen molar-refractivity contribution in [2.75, 3.05) is 24.5 Å². The smallest absolute Gasteiger partial charge is 0.376 e. The van der Waals surface area contributed by atoms with Crippen molar-refractivity contribution in [2.24, 2.45) is 0 Å². The highest BCUT2D eigenvalue weighted by Gasteiger charge is 2.51. The lowest BCUT2D eigenvalue weighted by Gasteiger charge is -2.42. The van der Waals surface area contributed by atoms with Crippen LogP contribution in [-0.4, -0.2) is 49.7 Å². The van der Waals surface area contributed by atoms with Gasteiger partial charge in [0.2, 0.25) is 10.0 Å². The van der Waals surface area contributed by atoms with Crippen molar-refractivity contribution in [1.82, 2.24) is 4.31 Å². The van der Waals surface area contributed by atoms with E-state index in [-0.39, 0.29) is 29.6 Å². The highest BCUT2D eigenvalue weighted by molar-refractivity contribution is 7.90. The van der Waals surface area contributed by atoms with E-state index in [0.717, 1.165) is 12.5 Å². The molecule has 10 heteroatoms. The number of thiol groups is 1. The largest absolute Gasteiger partial charge is 0.421 e. The van der Waals surface area contributed by atoms with E-state index in [0.29, 0.717) is 23.5 Å². The maximum absolute atomic E-state index is 13.4. The molecule has 1 saturated heterocycles. The van der Waals surface area contributed by atoms with E-state index in [1.807, 2.05) is 35.2 Å². The summed E-state index contributed by atoms with van der Waals surface area (Å²) in [6, 6.07) is 21.5. The lowest BCUT2D eigenvalue weighted by molar-refractivity contribution is -0.258. The average molecular weight is 537 g/mol. The molecule has 5 nitrogen and oxygen atoms in total. The van der Waals surface area contributed by atoms with E-state index in [2.05, 4.69) is 12.6 Å². The Labute approximate surface area is 214 Å². The third kappa shape index (κ3) is 5.27. The fourth-order valence-electron chi connectivity index (χ4n) is 4.40. The quantitative estimate of drug-likeness (QED) is 0.442. The summed E-state index contributed by atoms with van der Waals surface area (Å²) in [6.07, 6.45) is -4.27. The Morgan fingerprint density at radius 1 is 0.944 bits per heavy atom. The third-order valence-electron chi connectivity index (χ3n) is 6.56. The number of hydrogen-bond donors (Lipinski definition) is 2. The fraction of sp³-hybridized carbons (Fsp3) is 0.308. The number of alkyl halides is 3. The van der Waals surface area contributed by atoms with Crippen LogP contribution < -0.4 is 4.90 Å². The van der Waals surface area contributed by atoms with Crippen LogP contribution in [0.2, 0.25) is 0 Å². The molecule has 0 bridgehead atoms. The Hall–Kier alpha value is -2.53. The third-order valence-corrected chi connectivity index (χ3v) is 9.02. The number of nitrogens with zero attached hydrogens (tertiary/aromatic N) is 2. The van der Waals surface area contributed by atoms with Gasteiger partial charge in [-0.15, -0.1) is 12.6 Å². The second-order valence-corrected chi connectivity index (χ2v) is 11.4. The number of sulfonamides is 1. The molecule has 0 amide bonds. The van der Waals surface area contributed by atoms with Crippen LogP contribution in [0.3, 0.4) is 0 Å². The molecule has 3 aromatic carbocycles. The van der Waals surface area contributed by atoms with Crippen molar-refractivity contribution in [3.63, 3.8) is 0 Å². The normalized spacial score (nSPS) is 19.2. The second kappa shape index (κ2) is 10.1. The van der Waals surface area contributed by atoms with Crippen LogP contribution in [0.4, 0.5) is 18.9 Å². The fourth-order valence-corrected chi connectivity index (χ4v) is 6.46. The molecular formula is C26H27F3N2O3S2. The van der Waals surface area contributed by atoms with E-state index >= 15 is 0 Å². The molecule has 192 valence electrons. The van der Waals surface area contributed by atoms with Gasteiger partial charge in [0.15, 0.2) is 5.60 Å². The highest BCUT2D eigenvalue weighted by atomic mass is 32.2. The van der Waals surface area contributed by atoms with Crippen LogP contribution in [0, 0.1) is 0 Å². The molecule has 0 unspecified atom stereocenters. The minimum Gasteiger partial charge on any atom is -0.376 e. The van der Waals surface area contributed by atoms with Crippen LogP contribution in [0.15, 0.2) is 88.7 Å². The van der Waals surface area contributed by atoms with Crippen molar-refractivity contribution < 1.29 is 26.7 Å². The predicted molar refractivity (Wildman–Crippen MR) is 136 cm³/mol. The summed E-state index contributed by atoms with van der Waals surface area (Å²) in [5.41, 5.74) is -1.56. The molecule has 1 fully saturated rings. The zero-order valence-electron chi connectivity index (χ0n) is 19.6. The van der Waals surface area contributed by atoms with E-state index in [4.69, 9.17) is 0 Å². The topological polar surface area (TPSA) is 60.9 Å². The number of aliphatic hydroxyl groups is 1. The zero-order chi connectivity index (χ0) is 26.1. The van der Waals surface area contributed by atoms with Crippen molar-refractivity contribution in [3.8, 4) is 0 Å². The van der Waals surface area contributed by atoms with E-state index in [1.165, 1.54) is 22.5 Å². The first-order chi connectivity index (χ1) is 16.9. The Morgan fingerprint density at radius 3 is 2.17 bits per heavy atom. The molecular weight excluding hydrogens is 509 g/mol. The van der Waals surface area contributed by atoms with Crippen molar-refractivity contribution in [2.45, 2.75) is 41.0 Å². The monoisotopic (exact) mass is 536 g/mol. The van der Waals surface area contributed by atoms with Gasteiger partial charge < -0.3 is 10.0 Å². The Balaban J connectivity index is 1.64. The van der Waals surface area contributed by atoms with Gasteiger partial charge in [0.25, 0.3) is 0 Å². The number of benzene rings is 3. The maximum Gasteiger partial charge on any atom is 0.421 e. The molecule has 1 aliphatic rings. The molecule has 1 heterocycles. The summed E-state index contributed by atoms with van der Waals surface area (Å²) < 4.78 is 68.1. The van der Waals surface area contributed by atoms with Gasteiger partial charge in [-0.2, -0.15) is 17.5 Å². The summed E-state index contributed by atoms with van der Waals surface area (Å²) >= 11 is 4.32. The van der Waals surface area contributed by atoms with E-state index < -0.39 is 21.8 Å². The van der Waals surface area contributed by atoms with Crippen LogP contribution in [-0.2, 0) is 22.0 Å². The maximum atomic E-state index is 13.4. The molecule has 0 aliphatic carbocycles. The molecule has 0 aromatic heterocycles. The Bertz CT molecular complexity index is 1300. The number of anilines is 1. The molecule has 4 rings (SSSR count). The standard InChI is InChI=1S/C26H27F3N2O3S2/c1-25(32,26(27,28)29)20-11-13-21(14-12-20)31-16-15-30(18-22(31)17-19-7-3-2-4-8-19)36(33,34)24-10-6-5-9-23(24)35/h2-14,22,32,35H,15-18H2,1H3/t22-,25+/m0/s1. The number of piperazine rings is 1. The van der Waals surface area contributed by atoms with Gasteiger partial charge in [-0.3, -0.25) is 0 Å². The van der Waals surface area contributed by atoms with Gasteiger partial charge in [0, 0.05) is 36.3 Å². The second-order valence-electron chi connectivity index (χ2n) is 8.98. The summed E-state index contributed by atoms with van der Waals surface area (Å²) in [5.74, 6) is 0. The minimum absolute atomic E-state index is 0.138. The van der Waals surface area contributed by atoms with Crippen LogP contribution in [0.5, 0.6) is 0 Å². The SMILES string of the molecule is C[C@@](O)(c1ccc(N2CCN(S(=O)(=O)c3ccccc3S)C[C@@H]2Cc2ccccc2)cc1)C(F)(F)F.